The van der Waals surface area contributed by atoms with Crippen LogP contribution in [0.15, 0.2) is 71.0 Å². The normalized spacial score (nSPS) is 17.0. The summed E-state index contributed by atoms with van der Waals surface area (Å²) < 4.78 is 1.63. The molecule has 5 rings (SSSR count). The van der Waals surface area contributed by atoms with Crippen molar-refractivity contribution >= 4 is 17.0 Å². The quantitative estimate of drug-likeness (QED) is 0.528. The maximum absolute atomic E-state index is 12.6. The van der Waals surface area contributed by atoms with Crippen molar-refractivity contribution in [3.05, 3.63) is 104 Å². The highest BCUT2D eigenvalue weighted by atomic mass is 32.1. The molecule has 0 saturated carbocycles. The summed E-state index contributed by atoms with van der Waals surface area (Å²) in [4.78, 5) is 21.3. The summed E-state index contributed by atoms with van der Waals surface area (Å²) in [6, 6.07) is 18.6. The molecule has 1 aromatic carbocycles. The zero-order valence-corrected chi connectivity index (χ0v) is 16.5. The predicted octanol–water partition coefficient (Wildman–Crippen LogP) is 4.21. The second-order valence-corrected chi connectivity index (χ2v) is 8.30. The Hall–Kier alpha value is -2.76. The summed E-state index contributed by atoms with van der Waals surface area (Å²) in [6.07, 6.45) is 2.83. The highest BCUT2D eigenvalue weighted by molar-refractivity contribution is 7.10. The van der Waals surface area contributed by atoms with Crippen LogP contribution in [0.1, 0.15) is 33.3 Å². The van der Waals surface area contributed by atoms with Gasteiger partial charge in [0.2, 0.25) is 0 Å². The number of benzene rings is 1. The fraction of sp³-hybridized carbons (Fsp3) is 0.217. The molecule has 28 heavy (non-hydrogen) atoms. The van der Waals surface area contributed by atoms with E-state index in [0.29, 0.717) is 6.54 Å². The maximum Gasteiger partial charge on any atom is 0.258 e. The molecule has 4 aromatic rings. The zero-order chi connectivity index (χ0) is 19.1. The number of aryl methyl sites for hydroxylation is 1. The van der Waals surface area contributed by atoms with Gasteiger partial charge in [0.1, 0.15) is 5.65 Å². The lowest BCUT2D eigenvalue weighted by Crippen LogP contribution is -2.35. The third kappa shape index (κ3) is 2.97. The molecule has 5 heteroatoms. The molecule has 1 atom stereocenters. The van der Waals surface area contributed by atoms with Crippen LogP contribution in [-0.2, 0) is 13.0 Å². The lowest BCUT2D eigenvalue weighted by molar-refractivity contribution is 0.204. The van der Waals surface area contributed by atoms with Gasteiger partial charge in [-0.05, 0) is 47.5 Å². The lowest BCUT2D eigenvalue weighted by atomic mass is 9.93. The Kier molecular flexibility index (Phi) is 4.34. The first-order chi connectivity index (χ1) is 13.7. The van der Waals surface area contributed by atoms with Crippen molar-refractivity contribution in [3.63, 3.8) is 0 Å². The van der Waals surface area contributed by atoms with Gasteiger partial charge in [0.15, 0.2) is 0 Å². The van der Waals surface area contributed by atoms with E-state index in [1.54, 1.807) is 16.7 Å². The van der Waals surface area contributed by atoms with Gasteiger partial charge in [-0.1, -0.05) is 36.4 Å². The van der Waals surface area contributed by atoms with Gasteiger partial charge in [0, 0.05) is 30.2 Å². The van der Waals surface area contributed by atoms with Crippen LogP contribution < -0.4 is 5.56 Å². The number of thiophene rings is 1. The number of pyridine rings is 1. The highest BCUT2D eigenvalue weighted by Crippen LogP contribution is 2.38. The van der Waals surface area contributed by atoms with E-state index in [9.17, 15) is 4.79 Å². The fourth-order valence-electron chi connectivity index (χ4n) is 4.16. The number of hydrogen-bond acceptors (Lipinski definition) is 4. The second-order valence-electron chi connectivity index (χ2n) is 7.30. The van der Waals surface area contributed by atoms with Gasteiger partial charge >= 0.3 is 0 Å². The SMILES string of the molecule is Cc1cccn2c(=O)cc(CN3CCc4sccc4[C@@H]3c3ccccc3)nc12. The molecule has 4 heterocycles. The molecule has 140 valence electrons. The molecular weight excluding hydrogens is 366 g/mol. The van der Waals surface area contributed by atoms with Crippen LogP contribution in [-0.4, -0.2) is 20.8 Å². The van der Waals surface area contributed by atoms with Gasteiger partial charge in [-0.3, -0.25) is 14.1 Å². The molecule has 1 aliphatic heterocycles. The molecule has 0 saturated heterocycles. The first kappa shape index (κ1) is 17.3. The molecular formula is C23H21N3OS. The minimum absolute atomic E-state index is 0.0202. The van der Waals surface area contributed by atoms with Crippen molar-refractivity contribution in [2.75, 3.05) is 6.54 Å². The molecule has 0 radical (unpaired) electrons. The topological polar surface area (TPSA) is 37.6 Å². The molecule has 0 N–H and O–H groups in total. The van der Waals surface area contributed by atoms with Crippen molar-refractivity contribution < 1.29 is 0 Å². The minimum Gasteiger partial charge on any atom is -0.286 e. The highest BCUT2D eigenvalue weighted by Gasteiger charge is 2.29. The molecule has 0 unspecified atom stereocenters. The largest absolute Gasteiger partial charge is 0.286 e. The van der Waals surface area contributed by atoms with Crippen molar-refractivity contribution in [3.8, 4) is 0 Å². The van der Waals surface area contributed by atoms with Gasteiger partial charge in [-0.2, -0.15) is 0 Å². The Balaban J connectivity index is 1.56. The molecule has 0 fully saturated rings. The first-order valence-corrected chi connectivity index (χ1v) is 10.4. The van der Waals surface area contributed by atoms with Crippen LogP contribution >= 0.6 is 11.3 Å². The Morgan fingerprint density at radius 1 is 1.14 bits per heavy atom. The standard InChI is InChI=1S/C23H21N3OS/c1-16-6-5-11-26-21(27)14-18(24-23(16)26)15-25-12-9-20-19(10-13-28-20)22(25)17-7-3-2-4-8-17/h2-8,10-11,13-14,22H,9,12,15H2,1H3/t22-/m0/s1. The molecule has 0 spiro atoms. The number of fused-ring (bicyclic) bond motifs is 2. The lowest BCUT2D eigenvalue weighted by Gasteiger charge is -2.36. The third-order valence-corrected chi connectivity index (χ3v) is 6.48. The molecule has 1 aliphatic rings. The predicted molar refractivity (Wildman–Crippen MR) is 113 cm³/mol. The number of nitrogens with zero attached hydrogens (tertiary/aromatic N) is 3. The molecule has 0 amide bonds. The summed E-state index contributed by atoms with van der Waals surface area (Å²) in [5, 5.41) is 2.19. The monoisotopic (exact) mass is 387 g/mol. The van der Waals surface area contributed by atoms with E-state index in [2.05, 4.69) is 46.7 Å². The summed E-state index contributed by atoms with van der Waals surface area (Å²) in [6.45, 7) is 3.62. The van der Waals surface area contributed by atoms with Crippen LogP contribution in [0, 0.1) is 6.92 Å². The van der Waals surface area contributed by atoms with E-state index in [1.807, 2.05) is 30.4 Å². The summed E-state index contributed by atoms with van der Waals surface area (Å²) in [5.41, 5.74) is 5.24. The summed E-state index contributed by atoms with van der Waals surface area (Å²) in [5.74, 6) is 0. The first-order valence-electron chi connectivity index (χ1n) is 9.54. The Morgan fingerprint density at radius 3 is 2.86 bits per heavy atom. The number of hydrogen-bond donors (Lipinski definition) is 0. The Morgan fingerprint density at radius 2 is 2.00 bits per heavy atom. The van der Waals surface area contributed by atoms with Crippen molar-refractivity contribution in [2.24, 2.45) is 0 Å². The maximum atomic E-state index is 12.6. The Bertz CT molecular complexity index is 1200. The molecule has 0 aliphatic carbocycles. The van der Waals surface area contributed by atoms with Gasteiger partial charge in [-0.25, -0.2) is 4.98 Å². The van der Waals surface area contributed by atoms with Crippen LogP contribution in [0.3, 0.4) is 0 Å². The van der Waals surface area contributed by atoms with Crippen LogP contribution in [0.25, 0.3) is 5.65 Å². The van der Waals surface area contributed by atoms with Crippen molar-refractivity contribution in [1.29, 1.82) is 0 Å². The second kappa shape index (κ2) is 7.00. The zero-order valence-electron chi connectivity index (χ0n) is 15.7. The Labute approximate surface area is 167 Å². The smallest absolute Gasteiger partial charge is 0.258 e. The van der Waals surface area contributed by atoms with Gasteiger partial charge in [-0.15, -0.1) is 11.3 Å². The molecule has 3 aromatic heterocycles. The van der Waals surface area contributed by atoms with Gasteiger partial charge < -0.3 is 0 Å². The average molecular weight is 388 g/mol. The van der Waals surface area contributed by atoms with E-state index < -0.39 is 0 Å². The number of rotatable bonds is 3. The van der Waals surface area contributed by atoms with Crippen LogP contribution in [0.5, 0.6) is 0 Å². The van der Waals surface area contributed by atoms with E-state index in [0.717, 1.165) is 29.9 Å². The summed E-state index contributed by atoms with van der Waals surface area (Å²) >= 11 is 1.84. The van der Waals surface area contributed by atoms with Crippen molar-refractivity contribution in [1.82, 2.24) is 14.3 Å². The van der Waals surface area contributed by atoms with Gasteiger partial charge in [0.25, 0.3) is 5.56 Å². The van der Waals surface area contributed by atoms with Crippen LogP contribution in [0.2, 0.25) is 0 Å². The minimum atomic E-state index is -0.0202. The van der Waals surface area contributed by atoms with Crippen molar-refractivity contribution in [2.45, 2.75) is 25.9 Å². The number of aromatic nitrogens is 2. The molecule has 4 nitrogen and oxygen atoms in total. The van der Waals surface area contributed by atoms with Gasteiger partial charge in [0.05, 0.1) is 11.7 Å². The summed E-state index contributed by atoms with van der Waals surface area (Å²) in [7, 11) is 0. The van der Waals surface area contributed by atoms with E-state index in [-0.39, 0.29) is 11.6 Å². The van der Waals surface area contributed by atoms with E-state index >= 15 is 0 Å². The van der Waals surface area contributed by atoms with E-state index in [4.69, 9.17) is 4.98 Å². The fourth-order valence-corrected chi connectivity index (χ4v) is 5.07. The van der Waals surface area contributed by atoms with E-state index in [1.165, 1.54) is 16.0 Å². The molecule has 0 bridgehead atoms. The van der Waals surface area contributed by atoms with Crippen LogP contribution in [0.4, 0.5) is 0 Å². The average Bonchev–Trinajstić information content (AvgIpc) is 3.18. The third-order valence-electron chi connectivity index (χ3n) is 5.49.